The molecule has 6 heteroatoms. The van der Waals surface area contributed by atoms with Crippen molar-refractivity contribution >= 4 is 23.2 Å². The summed E-state index contributed by atoms with van der Waals surface area (Å²) >= 11 is 5.81. The minimum atomic E-state index is -0.179. The van der Waals surface area contributed by atoms with Gasteiger partial charge in [-0.25, -0.2) is 0 Å². The van der Waals surface area contributed by atoms with Crippen LogP contribution in [0.5, 0.6) is 0 Å². The van der Waals surface area contributed by atoms with Crippen molar-refractivity contribution in [3.63, 3.8) is 0 Å². The van der Waals surface area contributed by atoms with E-state index in [1.54, 1.807) is 17.1 Å². The van der Waals surface area contributed by atoms with Gasteiger partial charge in [0.25, 0.3) is 0 Å². The number of carbonyl (C=O) groups excluding carboxylic acids is 1. The second-order valence-corrected chi connectivity index (χ2v) is 4.47. The molecule has 0 aliphatic carbocycles. The van der Waals surface area contributed by atoms with Crippen molar-refractivity contribution < 1.29 is 9.53 Å². The molecule has 0 fully saturated rings. The third kappa shape index (κ3) is 4.08. The number of amides is 1. The van der Waals surface area contributed by atoms with Gasteiger partial charge >= 0.3 is 0 Å². The SMILES string of the molecule is COCC(=O)Nc1cccc(Cn2cc(Cl)cn2)c1. The number of ether oxygens (including phenoxy) is 1. The molecule has 0 aliphatic rings. The van der Waals surface area contributed by atoms with Crippen LogP contribution >= 0.6 is 11.6 Å². The minimum absolute atomic E-state index is 0.0407. The Hall–Kier alpha value is -1.85. The third-order valence-electron chi connectivity index (χ3n) is 2.43. The predicted octanol–water partition coefficient (Wildman–Crippen LogP) is 2.17. The molecular weight excluding hydrogens is 266 g/mol. The topological polar surface area (TPSA) is 56.1 Å². The van der Waals surface area contributed by atoms with E-state index in [0.717, 1.165) is 11.3 Å². The number of benzene rings is 1. The van der Waals surface area contributed by atoms with Gasteiger partial charge in [0.05, 0.1) is 17.8 Å². The Balaban J connectivity index is 2.04. The lowest BCUT2D eigenvalue weighted by Crippen LogP contribution is -2.17. The van der Waals surface area contributed by atoms with E-state index in [1.807, 2.05) is 24.3 Å². The molecule has 0 bridgehead atoms. The zero-order valence-corrected chi connectivity index (χ0v) is 11.2. The van der Waals surface area contributed by atoms with Crippen molar-refractivity contribution in [3.8, 4) is 0 Å². The summed E-state index contributed by atoms with van der Waals surface area (Å²) in [5, 5.41) is 7.46. The van der Waals surface area contributed by atoms with Crippen molar-refractivity contribution in [1.29, 1.82) is 0 Å². The zero-order valence-electron chi connectivity index (χ0n) is 10.5. The fourth-order valence-corrected chi connectivity index (χ4v) is 1.84. The number of nitrogens with zero attached hydrogens (tertiary/aromatic N) is 2. The largest absolute Gasteiger partial charge is 0.375 e. The van der Waals surface area contributed by atoms with Crippen molar-refractivity contribution in [3.05, 3.63) is 47.2 Å². The fraction of sp³-hybridized carbons (Fsp3) is 0.231. The Kier molecular flexibility index (Phi) is 4.54. The maximum Gasteiger partial charge on any atom is 0.250 e. The summed E-state index contributed by atoms with van der Waals surface area (Å²) in [7, 11) is 1.48. The van der Waals surface area contributed by atoms with Crippen molar-refractivity contribution in [1.82, 2.24) is 9.78 Å². The second kappa shape index (κ2) is 6.36. The smallest absolute Gasteiger partial charge is 0.250 e. The van der Waals surface area contributed by atoms with Crippen LogP contribution in [-0.4, -0.2) is 29.4 Å². The van der Waals surface area contributed by atoms with Crippen LogP contribution in [0.25, 0.3) is 0 Å². The monoisotopic (exact) mass is 279 g/mol. The van der Waals surface area contributed by atoms with Gasteiger partial charge in [-0.3, -0.25) is 9.48 Å². The molecule has 0 aliphatic heterocycles. The molecule has 1 N–H and O–H groups in total. The van der Waals surface area contributed by atoms with E-state index in [9.17, 15) is 4.79 Å². The van der Waals surface area contributed by atoms with E-state index < -0.39 is 0 Å². The Morgan fingerprint density at radius 3 is 3.05 bits per heavy atom. The molecule has 0 saturated carbocycles. The molecule has 0 unspecified atom stereocenters. The summed E-state index contributed by atoms with van der Waals surface area (Å²) in [6, 6.07) is 7.56. The van der Waals surface area contributed by atoms with Gasteiger partial charge in [0.2, 0.25) is 5.91 Å². The van der Waals surface area contributed by atoms with Gasteiger partial charge in [0.1, 0.15) is 6.61 Å². The van der Waals surface area contributed by atoms with Crippen LogP contribution in [0, 0.1) is 0 Å². The molecule has 5 nitrogen and oxygen atoms in total. The number of halogens is 1. The van der Waals surface area contributed by atoms with Gasteiger partial charge in [-0.15, -0.1) is 0 Å². The normalized spacial score (nSPS) is 10.4. The molecule has 1 aromatic carbocycles. The van der Waals surface area contributed by atoms with Crippen LogP contribution in [-0.2, 0) is 16.1 Å². The Morgan fingerprint density at radius 1 is 1.53 bits per heavy atom. The molecule has 2 aromatic rings. The lowest BCUT2D eigenvalue weighted by molar-refractivity contribution is -0.119. The molecule has 1 heterocycles. The fourth-order valence-electron chi connectivity index (χ4n) is 1.69. The van der Waals surface area contributed by atoms with Gasteiger partial charge in [0, 0.05) is 19.0 Å². The van der Waals surface area contributed by atoms with E-state index in [4.69, 9.17) is 16.3 Å². The van der Waals surface area contributed by atoms with Crippen LogP contribution in [0.2, 0.25) is 5.02 Å². The highest BCUT2D eigenvalue weighted by Crippen LogP contribution is 2.13. The summed E-state index contributed by atoms with van der Waals surface area (Å²) in [5.74, 6) is -0.179. The summed E-state index contributed by atoms with van der Waals surface area (Å²) in [5.41, 5.74) is 1.76. The number of anilines is 1. The molecular formula is C13H14ClN3O2. The number of rotatable bonds is 5. The molecule has 1 amide bonds. The maximum absolute atomic E-state index is 11.4. The number of methoxy groups -OCH3 is 1. The van der Waals surface area contributed by atoms with Crippen LogP contribution in [0.15, 0.2) is 36.7 Å². The molecule has 0 atom stereocenters. The molecule has 19 heavy (non-hydrogen) atoms. The van der Waals surface area contributed by atoms with E-state index in [2.05, 4.69) is 10.4 Å². The standard InChI is InChI=1S/C13H14ClN3O2/c1-19-9-13(18)16-12-4-2-3-10(5-12)7-17-8-11(14)6-15-17/h2-6,8H,7,9H2,1H3,(H,16,18). The highest BCUT2D eigenvalue weighted by Gasteiger charge is 2.03. The number of hydrogen-bond donors (Lipinski definition) is 1. The lowest BCUT2D eigenvalue weighted by atomic mass is 10.2. The van der Waals surface area contributed by atoms with E-state index in [-0.39, 0.29) is 12.5 Å². The number of aromatic nitrogens is 2. The quantitative estimate of drug-likeness (QED) is 0.913. The first-order valence-corrected chi connectivity index (χ1v) is 6.11. The first kappa shape index (κ1) is 13.6. The van der Waals surface area contributed by atoms with Gasteiger partial charge in [0.15, 0.2) is 0 Å². The maximum atomic E-state index is 11.4. The molecule has 0 radical (unpaired) electrons. The lowest BCUT2D eigenvalue weighted by Gasteiger charge is -2.07. The van der Waals surface area contributed by atoms with Crippen molar-refractivity contribution in [2.24, 2.45) is 0 Å². The highest BCUT2D eigenvalue weighted by molar-refractivity contribution is 6.30. The van der Waals surface area contributed by atoms with Crippen molar-refractivity contribution in [2.45, 2.75) is 6.54 Å². The minimum Gasteiger partial charge on any atom is -0.375 e. The molecule has 1 aromatic heterocycles. The number of carbonyl (C=O) groups is 1. The number of hydrogen-bond acceptors (Lipinski definition) is 3. The first-order chi connectivity index (χ1) is 9.17. The average molecular weight is 280 g/mol. The van der Waals surface area contributed by atoms with E-state index in [0.29, 0.717) is 11.6 Å². The van der Waals surface area contributed by atoms with Crippen LogP contribution in [0.1, 0.15) is 5.56 Å². The Labute approximate surface area is 116 Å². The van der Waals surface area contributed by atoms with Gasteiger partial charge < -0.3 is 10.1 Å². The first-order valence-electron chi connectivity index (χ1n) is 5.73. The predicted molar refractivity (Wildman–Crippen MR) is 73.3 cm³/mol. The van der Waals surface area contributed by atoms with Crippen LogP contribution < -0.4 is 5.32 Å². The van der Waals surface area contributed by atoms with Crippen molar-refractivity contribution in [2.75, 3.05) is 19.0 Å². The molecule has 100 valence electrons. The average Bonchev–Trinajstić information content (AvgIpc) is 2.75. The summed E-state index contributed by atoms with van der Waals surface area (Å²) in [6.07, 6.45) is 3.34. The summed E-state index contributed by atoms with van der Waals surface area (Å²) in [6.45, 7) is 0.639. The highest BCUT2D eigenvalue weighted by atomic mass is 35.5. The Bertz CT molecular complexity index is 569. The second-order valence-electron chi connectivity index (χ2n) is 4.04. The summed E-state index contributed by atoms with van der Waals surface area (Å²) < 4.78 is 6.50. The van der Waals surface area contributed by atoms with Gasteiger partial charge in [-0.1, -0.05) is 23.7 Å². The van der Waals surface area contributed by atoms with Gasteiger partial charge in [-0.2, -0.15) is 5.10 Å². The molecule has 2 rings (SSSR count). The van der Waals surface area contributed by atoms with E-state index in [1.165, 1.54) is 7.11 Å². The van der Waals surface area contributed by atoms with Crippen LogP contribution in [0.3, 0.4) is 0 Å². The Morgan fingerprint density at radius 2 is 2.37 bits per heavy atom. The van der Waals surface area contributed by atoms with E-state index >= 15 is 0 Å². The molecule has 0 saturated heterocycles. The van der Waals surface area contributed by atoms with Gasteiger partial charge in [-0.05, 0) is 17.7 Å². The van der Waals surface area contributed by atoms with Crippen LogP contribution in [0.4, 0.5) is 5.69 Å². The zero-order chi connectivity index (χ0) is 13.7. The summed E-state index contributed by atoms with van der Waals surface area (Å²) in [4.78, 5) is 11.4. The number of nitrogens with one attached hydrogen (secondary N) is 1. The third-order valence-corrected chi connectivity index (χ3v) is 2.63. The molecule has 0 spiro atoms.